The van der Waals surface area contributed by atoms with E-state index in [9.17, 15) is 18.0 Å². The smallest absolute Gasteiger partial charge is 0.264 e. The molecule has 0 saturated heterocycles. The van der Waals surface area contributed by atoms with Gasteiger partial charge >= 0.3 is 0 Å². The Kier molecular flexibility index (Phi) is 10.3. The van der Waals surface area contributed by atoms with Crippen LogP contribution < -0.4 is 9.62 Å². The fourth-order valence-electron chi connectivity index (χ4n) is 4.45. The van der Waals surface area contributed by atoms with Crippen molar-refractivity contribution in [1.82, 2.24) is 10.2 Å². The molecular formula is C31H39N3O4S. The van der Waals surface area contributed by atoms with Crippen LogP contribution in [-0.4, -0.2) is 51.3 Å². The molecule has 208 valence electrons. The quantitative estimate of drug-likeness (QED) is 0.348. The van der Waals surface area contributed by atoms with Crippen LogP contribution in [0.4, 0.5) is 5.69 Å². The summed E-state index contributed by atoms with van der Waals surface area (Å²) in [6, 6.07) is 22.8. The van der Waals surface area contributed by atoms with Gasteiger partial charge in [0.2, 0.25) is 11.8 Å². The van der Waals surface area contributed by atoms with Gasteiger partial charge in [0.1, 0.15) is 12.6 Å². The number of anilines is 1. The topological polar surface area (TPSA) is 86.8 Å². The molecule has 0 aliphatic heterocycles. The van der Waals surface area contributed by atoms with E-state index in [-0.39, 0.29) is 23.3 Å². The lowest BCUT2D eigenvalue weighted by atomic mass is 10.0. The van der Waals surface area contributed by atoms with Crippen LogP contribution in [0.1, 0.15) is 49.8 Å². The first kappa shape index (κ1) is 29.9. The third kappa shape index (κ3) is 7.47. The van der Waals surface area contributed by atoms with Crippen molar-refractivity contribution in [2.75, 3.05) is 24.4 Å². The molecule has 0 heterocycles. The maximum absolute atomic E-state index is 13.9. The number of amides is 2. The number of carbonyl (C=O) groups excluding carboxylic acids is 2. The van der Waals surface area contributed by atoms with Gasteiger partial charge in [-0.25, -0.2) is 8.42 Å². The number of carbonyl (C=O) groups is 2. The highest BCUT2D eigenvalue weighted by Gasteiger charge is 2.33. The molecule has 0 aromatic heterocycles. The normalized spacial score (nSPS) is 12.2. The SMILES string of the molecule is CC[C@H](C(=O)NC)N(CCc1ccccc1)C(=O)CN(c1ccc(C(C)C)cc1)S(=O)(=O)c1ccc(C)cc1. The van der Waals surface area contributed by atoms with Gasteiger partial charge in [-0.2, -0.15) is 0 Å². The van der Waals surface area contributed by atoms with Crippen LogP contribution in [0.25, 0.3) is 0 Å². The average molecular weight is 550 g/mol. The Hall–Kier alpha value is -3.65. The summed E-state index contributed by atoms with van der Waals surface area (Å²) in [6.45, 7) is 7.70. The van der Waals surface area contributed by atoms with Crippen LogP contribution in [0.2, 0.25) is 0 Å². The van der Waals surface area contributed by atoms with Crippen LogP contribution in [-0.2, 0) is 26.0 Å². The molecule has 39 heavy (non-hydrogen) atoms. The van der Waals surface area contributed by atoms with Crippen molar-refractivity contribution in [2.24, 2.45) is 0 Å². The first-order valence-electron chi connectivity index (χ1n) is 13.3. The number of rotatable bonds is 12. The van der Waals surface area contributed by atoms with Gasteiger partial charge in [-0.05, 0) is 61.1 Å². The van der Waals surface area contributed by atoms with E-state index in [0.717, 1.165) is 21.0 Å². The van der Waals surface area contributed by atoms with Gasteiger partial charge in [0.15, 0.2) is 0 Å². The van der Waals surface area contributed by atoms with Crippen LogP contribution >= 0.6 is 0 Å². The summed E-state index contributed by atoms with van der Waals surface area (Å²) in [6.07, 6.45) is 0.932. The zero-order chi connectivity index (χ0) is 28.6. The minimum atomic E-state index is -4.07. The Balaban J connectivity index is 2.01. The van der Waals surface area contributed by atoms with E-state index in [2.05, 4.69) is 19.2 Å². The number of nitrogens with zero attached hydrogens (tertiary/aromatic N) is 2. The highest BCUT2D eigenvalue weighted by Crippen LogP contribution is 2.27. The van der Waals surface area contributed by atoms with E-state index in [0.29, 0.717) is 18.5 Å². The minimum absolute atomic E-state index is 0.100. The predicted molar refractivity (Wildman–Crippen MR) is 156 cm³/mol. The van der Waals surface area contributed by atoms with Crippen molar-refractivity contribution in [3.05, 3.63) is 95.6 Å². The van der Waals surface area contributed by atoms with Crippen molar-refractivity contribution >= 4 is 27.5 Å². The van der Waals surface area contributed by atoms with Crippen molar-refractivity contribution in [2.45, 2.75) is 57.4 Å². The van der Waals surface area contributed by atoms with E-state index in [1.807, 2.05) is 56.3 Å². The van der Waals surface area contributed by atoms with Crippen molar-refractivity contribution in [1.29, 1.82) is 0 Å². The summed E-state index contributed by atoms with van der Waals surface area (Å²) in [4.78, 5) is 28.3. The monoisotopic (exact) mass is 549 g/mol. The van der Waals surface area contributed by atoms with E-state index in [1.54, 1.807) is 36.4 Å². The summed E-state index contributed by atoms with van der Waals surface area (Å²) in [7, 11) is -2.54. The summed E-state index contributed by atoms with van der Waals surface area (Å²) < 4.78 is 29.0. The molecule has 3 aromatic carbocycles. The number of sulfonamides is 1. The van der Waals surface area contributed by atoms with Crippen LogP contribution in [0, 0.1) is 6.92 Å². The third-order valence-corrected chi connectivity index (χ3v) is 8.64. The van der Waals surface area contributed by atoms with Gasteiger partial charge in [0.05, 0.1) is 10.6 Å². The van der Waals surface area contributed by atoms with Crippen molar-refractivity contribution in [3.8, 4) is 0 Å². The third-order valence-electron chi connectivity index (χ3n) is 6.85. The molecule has 0 aliphatic rings. The standard InChI is InChI=1S/C31H39N3O4S/c1-6-29(31(36)32-5)33(21-20-25-10-8-7-9-11-25)30(35)22-34(27-16-14-26(15-17-27)23(2)3)39(37,38)28-18-12-24(4)13-19-28/h7-19,23,29H,6,20-22H2,1-5H3,(H,32,36)/t29-/m1/s1. The molecular weight excluding hydrogens is 510 g/mol. The molecule has 0 fully saturated rings. The Bertz CT molecular complexity index is 1340. The Morgan fingerprint density at radius 2 is 1.51 bits per heavy atom. The van der Waals surface area contributed by atoms with Crippen molar-refractivity contribution in [3.63, 3.8) is 0 Å². The number of nitrogens with one attached hydrogen (secondary N) is 1. The van der Waals surface area contributed by atoms with Gasteiger partial charge in [-0.1, -0.05) is 80.9 Å². The molecule has 0 bridgehead atoms. The molecule has 0 spiro atoms. The van der Waals surface area contributed by atoms with Gasteiger partial charge in [0, 0.05) is 13.6 Å². The lowest BCUT2D eigenvalue weighted by Crippen LogP contribution is -2.52. The number of likely N-dealkylation sites (N-methyl/N-ethyl adjacent to an activating group) is 1. The van der Waals surface area contributed by atoms with E-state index >= 15 is 0 Å². The van der Waals surface area contributed by atoms with Crippen molar-refractivity contribution < 1.29 is 18.0 Å². The molecule has 2 amide bonds. The zero-order valence-corrected chi connectivity index (χ0v) is 24.2. The minimum Gasteiger partial charge on any atom is -0.357 e. The Morgan fingerprint density at radius 3 is 2.05 bits per heavy atom. The first-order chi connectivity index (χ1) is 18.6. The second kappa shape index (κ2) is 13.4. The maximum Gasteiger partial charge on any atom is 0.264 e. The highest BCUT2D eigenvalue weighted by molar-refractivity contribution is 7.92. The molecule has 8 heteroatoms. The Labute approximate surface area is 232 Å². The highest BCUT2D eigenvalue weighted by atomic mass is 32.2. The summed E-state index contributed by atoms with van der Waals surface area (Å²) in [5.41, 5.74) is 3.41. The van der Waals surface area contributed by atoms with Gasteiger partial charge in [-0.15, -0.1) is 0 Å². The second-order valence-electron chi connectivity index (χ2n) is 9.93. The lowest BCUT2D eigenvalue weighted by Gasteiger charge is -2.33. The van der Waals surface area contributed by atoms with Crippen LogP contribution in [0.5, 0.6) is 0 Å². The zero-order valence-electron chi connectivity index (χ0n) is 23.4. The first-order valence-corrected chi connectivity index (χ1v) is 14.8. The molecule has 1 N–H and O–H groups in total. The molecule has 3 aromatic rings. The second-order valence-corrected chi connectivity index (χ2v) is 11.8. The fraction of sp³-hybridized carbons (Fsp3) is 0.355. The summed E-state index contributed by atoms with van der Waals surface area (Å²) in [5.74, 6) is -0.452. The fourth-order valence-corrected chi connectivity index (χ4v) is 5.87. The number of aryl methyl sites for hydroxylation is 1. The summed E-state index contributed by atoms with van der Waals surface area (Å²) in [5, 5.41) is 2.65. The molecule has 0 saturated carbocycles. The average Bonchev–Trinajstić information content (AvgIpc) is 2.94. The van der Waals surface area contributed by atoms with E-state index < -0.39 is 28.5 Å². The largest absolute Gasteiger partial charge is 0.357 e. The molecule has 0 aliphatic carbocycles. The Morgan fingerprint density at radius 1 is 0.897 bits per heavy atom. The molecule has 1 atom stereocenters. The predicted octanol–water partition coefficient (Wildman–Crippen LogP) is 4.91. The molecule has 0 unspecified atom stereocenters. The van der Waals surface area contributed by atoms with Gasteiger partial charge < -0.3 is 10.2 Å². The van der Waals surface area contributed by atoms with Crippen LogP contribution in [0.3, 0.4) is 0 Å². The van der Waals surface area contributed by atoms with E-state index in [1.165, 1.54) is 11.9 Å². The molecule has 3 rings (SSSR count). The lowest BCUT2D eigenvalue weighted by molar-refractivity contribution is -0.139. The van der Waals surface area contributed by atoms with Gasteiger partial charge in [-0.3, -0.25) is 13.9 Å². The molecule has 0 radical (unpaired) electrons. The summed E-state index contributed by atoms with van der Waals surface area (Å²) >= 11 is 0. The number of benzene rings is 3. The number of hydrogen-bond donors (Lipinski definition) is 1. The van der Waals surface area contributed by atoms with Gasteiger partial charge in [0.25, 0.3) is 10.0 Å². The number of hydrogen-bond acceptors (Lipinski definition) is 4. The van der Waals surface area contributed by atoms with E-state index in [4.69, 9.17) is 0 Å². The molecule has 7 nitrogen and oxygen atoms in total. The maximum atomic E-state index is 13.9. The van der Waals surface area contributed by atoms with Crippen LogP contribution in [0.15, 0.2) is 83.8 Å².